The smallest absolute Gasteiger partial charge is 0.529 e. The zero-order valence-electron chi connectivity index (χ0n) is 27.6. The lowest BCUT2D eigenvalue weighted by Crippen LogP contribution is -2.48. The molecule has 0 N–H and O–H groups in total. The first-order valence-electron chi connectivity index (χ1n) is 15.5. The molecule has 7 aromatic rings. The van der Waals surface area contributed by atoms with Gasteiger partial charge in [-0.1, -0.05) is 0 Å². The lowest BCUT2D eigenvalue weighted by Gasteiger charge is -2.28. The predicted molar refractivity (Wildman–Crippen MR) is 159 cm³/mol. The zero-order valence-corrected chi connectivity index (χ0v) is 27.6. The minimum Gasteiger partial charge on any atom is -0.529 e. The molecule has 7 aromatic carbocycles. The molecule has 0 amide bonds. The van der Waals surface area contributed by atoms with Gasteiger partial charge >= 0.3 is 7.12 Å². The van der Waals surface area contributed by atoms with Gasteiger partial charge in [0.25, 0.3) is 5.85 Å². The van der Waals surface area contributed by atoms with Crippen LogP contribution in [0, 0.1) is 116 Å². The zero-order chi connectivity index (χ0) is 45.1. The van der Waals surface area contributed by atoms with E-state index in [1.807, 2.05) is 0 Å². The fourth-order valence-corrected chi connectivity index (χ4v) is 6.96. The molecule has 2 nitrogen and oxygen atoms in total. The van der Waals surface area contributed by atoms with Crippen LogP contribution in [0.25, 0.3) is 48.9 Å². The fourth-order valence-electron chi connectivity index (χ4n) is 6.96. The Bertz CT molecular complexity index is 3230. The number of fused-ring (bicyclic) bond motifs is 2. The van der Waals surface area contributed by atoms with E-state index in [-0.39, 0.29) is 0 Å². The highest BCUT2D eigenvalue weighted by Gasteiger charge is 2.58. The van der Waals surface area contributed by atoms with Gasteiger partial charge < -0.3 is 9.31 Å². The first-order valence-corrected chi connectivity index (χ1v) is 15.5. The Morgan fingerprint density at radius 3 is 1.13 bits per heavy atom. The van der Waals surface area contributed by atoms with Crippen LogP contribution in [-0.4, -0.2) is 7.12 Å². The summed E-state index contributed by atoms with van der Waals surface area (Å²) in [5, 5.41) is -18.6. The summed E-state index contributed by atoms with van der Waals surface area (Å²) in [5.41, 5.74) is -8.40. The van der Waals surface area contributed by atoms with Gasteiger partial charge in [-0.15, -0.1) is 0 Å². The summed E-state index contributed by atoms with van der Waals surface area (Å²) in [5.74, 6) is -76.0. The van der Waals surface area contributed by atoms with Gasteiger partial charge in [0.2, 0.25) is 5.83 Å². The second kappa shape index (κ2) is 13.1. The molecule has 26 heteroatoms. The number of rotatable bonds is 5. The summed E-state index contributed by atoms with van der Waals surface area (Å²) in [6, 6.07) is 0. The standard InChI is InChI=1S/C35BF23O2/c37-12-3-7(19(44)29(54)28(12)53)18(43)27(52)25(50)11(3)36(61-35(59)10-9(23(48)34(35)58)22(47)30(55)31(56)24(10)49)60-33-8-2-1-4(13(38)14(39)6(2)20(45)32(33)57)16(41)26(51)17(42)5(1)15(40)21(8)46. The maximum Gasteiger partial charge on any atom is 0.569 e. The molecule has 0 saturated heterocycles. The van der Waals surface area contributed by atoms with E-state index in [1.54, 1.807) is 0 Å². The summed E-state index contributed by atoms with van der Waals surface area (Å²) in [6.07, 6.45) is 0. The van der Waals surface area contributed by atoms with Crippen molar-refractivity contribution in [1.29, 1.82) is 0 Å². The minimum absolute atomic E-state index is 1.98. The molecule has 0 fully saturated rings. The molecule has 0 aromatic heterocycles. The third-order valence-corrected chi connectivity index (χ3v) is 9.57. The van der Waals surface area contributed by atoms with Crippen LogP contribution in [0.1, 0.15) is 11.1 Å². The normalized spacial score (nSPS) is 15.5. The van der Waals surface area contributed by atoms with Gasteiger partial charge in [0, 0.05) is 21.6 Å². The highest BCUT2D eigenvalue weighted by atomic mass is 19.2. The predicted octanol–water partition coefficient (Wildman–Crippen LogP) is 11.8. The minimum atomic E-state index is -5.71. The molecular formula is C35BF23O2. The quantitative estimate of drug-likeness (QED) is 0.0563. The Morgan fingerprint density at radius 1 is 0.311 bits per heavy atom. The average molecular weight is 900 g/mol. The monoisotopic (exact) mass is 900 g/mol. The number of hydrogen-bond acceptors (Lipinski definition) is 2. The van der Waals surface area contributed by atoms with Crippen molar-refractivity contribution in [1.82, 2.24) is 0 Å². The first-order chi connectivity index (χ1) is 28.4. The van der Waals surface area contributed by atoms with Gasteiger partial charge in [-0.2, -0.15) is 8.78 Å². The Hall–Kier alpha value is -6.21. The van der Waals surface area contributed by atoms with Crippen LogP contribution in [0.3, 0.4) is 0 Å². The van der Waals surface area contributed by atoms with Crippen molar-refractivity contribution in [2.75, 3.05) is 0 Å². The molecule has 1 unspecified atom stereocenters. The molecule has 1 aliphatic carbocycles. The fraction of sp³-hybridized carbons (Fsp3) is 0.0286. The molecule has 0 saturated carbocycles. The number of benzene rings is 7. The highest BCUT2D eigenvalue weighted by Crippen LogP contribution is 2.54. The number of alkyl halides is 1. The summed E-state index contributed by atoms with van der Waals surface area (Å²) in [6.45, 7) is 0. The van der Waals surface area contributed by atoms with Crippen molar-refractivity contribution in [3.63, 3.8) is 0 Å². The van der Waals surface area contributed by atoms with Crippen molar-refractivity contribution in [2.45, 2.75) is 5.85 Å². The van der Waals surface area contributed by atoms with Crippen LogP contribution < -0.4 is 10.1 Å². The van der Waals surface area contributed by atoms with E-state index in [0.29, 0.717) is 0 Å². The summed E-state index contributed by atoms with van der Waals surface area (Å²) in [4.78, 5) is 0. The molecule has 61 heavy (non-hydrogen) atoms. The topological polar surface area (TPSA) is 18.5 Å². The van der Waals surface area contributed by atoms with Gasteiger partial charge in [0.1, 0.15) is 0 Å². The Balaban J connectivity index is 1.56. The summed E-state index contributed by atoms with van der Waals surface area (Å²) in [7, 11) is -4.57. The largest absolute Gasteiger partial charge is 0.569 e. The first kappa shape index (κ1) is 41.5. The lowest BCUT2D eigenvalue weighted by molar-refractivity contribution is -0.0620. The van der Waals surface area contributed by atoms with Gasteiger partial charge in [-0.25, -0.2) is 92.2 Å². The van der Waals surface area contributed by atoms with Crippen LogP contribution >= 0.6 is 0 Å². The average Bonchev–Trinajstić information content (AvgIpc) is 3.41. The highest BCUT2D eigenvalue weighted by molar-refractivity contribution is 6.65. The van der Waals surface area contributed by atoms with E-state index in [9.17, 15) is 43.9 Å². The van der Waals surface area contributed by atoms with Gasteiger partial charge in [0.05, 0.1) is 38.1 Å². The second-order valence-electron chi connectivity index (χ2n) is 12.6. The van der Waals surface area contributed by atoms with Crippen molar-refractivity contribution >= 4 is 61.5 Å². The van der Waals surface area contributed by atoms with E-state index < -0.39 is 206 Å². The Labute approximate surface area is 317 Å². The molecule has 0 spiro atoms. The molecule has 1 atom stereocenters. The van der Waals surface area contributed by atoms with Crippen molar-refractivity contribution in [2.24, 2.45) is 0 Å². The molecule has 0 heterocycles. The van der Waals surface area contributed by atoms with E-state index in [0.717, 1.165) is 0 Å². The third kappa shape index (κ3) is 4.95. The van der Waals surface area contributed by atoms with Crippen LogP contribution in [-0.2, 0) is 10.5 Å². The Kier molecular flexibility index (Phi) is 8.95. The van der Waals surface area contributed by atoms with Gasteiger partial charge in [0.15, 0.2) is 128 Å². The SMILES string of the molecule is FC1=C(F)C(F)(OB(Oc2c(F)c(F)c3c(F)c(F)c4c(F)c(F)c(F)c5c(F)c(F)c2c3c45)c2c(F)c(F)c(F)c3c(F)c(F)c(F)c(F)c23)c2c(F)c(F)c(F)c(F)c21. The maximum absolute atomic E-state index is 16.8. The van der Waals surface area contributed by atoms with E-state index in [2.05, 4.69) is 9.31 Å². The maximum atomic E-state index is 16.8. The van der Waals surface area contributed by atoms with E-state index in [1.165, 1.54) is 0 Å². The molecule has 316 valence electrons. The van der Waals surface area contributed by atoms with Gasteiger partial charge in [-0.3, -0.25) is 0 Å². The van der Waals surface area contributed by atoms with Crippen LogP contribution in [0.4, 0.5) is 101 Å². The lowest BCUT2D eigenvalue weighted by atomic mass is 9.73. The van der Waals surface area contributed by atoms with Crippen LogP contribution in [0.5, 0.6) is 5.75 Å². The van der Waals surface area contributed by atoms with Crippen molar-refractivity contribution in [3.05, 3.63) is 133 Å². The Morgan fingerprint density at radius 2 is 0.639 bits per heavy atom. The van der Waals surface area contributed by atoms with Crippen LogP contribution in [0.2, 0.25) is 0 Å². The molecule has 0 bridgehead atoms. The number of halogens is 23. The third-order valence-electron chi connectivity index (χ3n) is 9.57. The van der Waals surface area contributed by atoms with Crippen molar-refractivity contribution < 1.29 is 110 Å². The molecule has 8 rings (SSSR count). The van der Waals surface area contributed by atoms with E-state index >= 15 is 57.1 Å². The second-order valence-corrected chi connectivity index (χ2v) is 12.6. The van der Waals surface area contributed by atoms with Gasteiger partial charge in [-0.05, 0) is 0 Å². The molecule has 0 aliphatic heterocycles. The summed E-state index contributed by atoms with van der Waals surface area (Å²) >= 11 is 0. The number of hydrogen-bond donors (Lipinski definition) is 0. The van der Waals surface area contributed by atoms with Crippen molar-refractivity contribution in [3.8, 4) is 5.75 Å². The molecule has 1 aliphatic rings. The summed E-state index contributed by atoms with van der Waals surface area (Å²) < 4.78 is 358. The molecular weight excluding hydrogens is 900 g/mol. The van der Waals surface area contributed by atoms with Crippen LogP contribution in [0.15, 0.2) is 5.83 Å². The molecule has 0 radical (unpaired) electrons. The van der Waals surface area contributed by atoms with E-state index in [4.69, 9.17) is 0 Å².